The molecule has 1 nitrogen and oxygen atoms in total. The number of benzene rings is 2. The van der Waals surface area contributed by atoms with Crippen LogP contribution in [0.3, 0.4) is 0 Å². The minimum absolute atomic E-state index is 0.188. The second-order valence-electron chi connectivity index (χ2n) is 4.28. The Bertz CT molecular complexity index is 618. The van der Waals surface area contributed by atoms with Crippen molar-refractivity contribution in [1.82, 2.24) is 0 Å². The zero-order valence-corrected chi connectivity index (χ0v) is 10.1. The Balaban J connectivity index is 2.49. The van der Waals surface area contributed by atoms with E-state index < -0.39 is 17.4 Å². The van der Waals surface area contributed by atoms with Crippen LogP contribution in [0.25, 0.3) is 0 Å². The minimum Gasteiger partial charge on any atom is -0.288 e. The Morgan fingerprint density at radius 2 is 1.72 bits per heavy atom. The molecule has 0 spiro atoms. The molecule has 2 aromatic rings. The van der Waals surface area contributed by atoms with Crippen LogP contribution in [0.2, 0.25) is 0 Å². The highest BCUT2D eigenvalue weighted by atomic mass is 19.1. The van der Waals surface area contributed by atoms with Crippen molar-refractivity contribution in [2.24, 2.45) is 0 Å². The average molecular weight is 246 g/mol. The third-order valence-corrected chi connectivity index (χ3v) is 2.77. The van der Waals surface area contributed by atoms with E-state index in [0.29, 0.717) is 5.56 Å². The zero-order chi connectivity index (χ0) is 13.3. The molecule has 2 aromatic carbocycles. The van der Waals surface area contributed by atoms with Gasteiger partial charge in [0.15, 0.2) is 5.78 Å². The van der Waals surface area contributed by atoms with Gasteiger partial charge in [0.2, 0.25) is 0 Å². The van der Waals surface area contributed by atoms with Gasteiger partial charge in [0, 0.05) is 5.56 Å². The highest BCUT2D eigenvalue weighted by Gasteiger charge is 2.16. The van der Waals surface area contributed by atoms with E-state index in [1.54, 1.807) is 18.2 Å². The van der Waals surface area contributed by atoms with Gasteiger partial charge in [-0.25, -0.2) is 8.78 Å². The topological polar surface area (TPSA) is 17.1 Å². The molecular weight excluding hydrogens is 234 g/mol. The van der Waals surface area contributed by atoms with Crippen LogP contribution in [0.1, 0.15) is 27.0 Å². The Morgan fingerprint density at radius 1 is 1.00 bits per heavy atom. The lowest BCUT2D eigenvalue weighted by molar-refractivity contribution is 0.103. The Kier molecular flexibility index (Phi) is 3.24. The molecule has 18 heavy (non-hydrogen) atoms. The highest BCUT2D eigenvalue weighted by Crippen LogP contribution is 2.18. The number of rotatable bonds is 2. The summed E-state index contributed by atoms with van der Waals surface area (Å²) >= 11 is 0. The van der Waals surface area contributed by atoms with Crippen molar-refractivity contribution in [2.45, 2.75) is 13.8 Å². The molecule has 0 aromatic heterocycles. The van der Waals surface area contributed by atoms with Crippen LogP contribution in [-0.4, -0.2) is 5.78 Å². The predicted octanol–water partition coefficient (Wildman–Crippen LogP) is 3.81. The van der Waals surface area contributed by atoms with Crippen LogP contribution in [0.15, 0.2) is 36.4 Å². The van der Waals surface area contributed by atoms with Gasteiger partial charge in [0.1, 0.15) is 11.6 Å². The van der Waals surface area contributed by atoms with Gasteiger partial charge in [-0.05, 0) is 37.6 Å². The molecule has 0 saturated heterocycles. The van der Waals surface area contributed by atoms with Gasteiger partial charge in [-0.15, -0.1) is 0 Å². The lowest BCUT2D eigenvalue weighted by atomic mass is 10.00. The third kappa shape index (κ3) is 2.30. The SMILES string of the molecule is Cc1cccc(C(=O)c2cc(F)c(C)cc2F)c1. The van der Waals surface area contributed by atoms with Crippen molar-refractivity contribution in [2.75, 3.05) is 0 Å². The molecule has 0 heterocycles. The highest BCUT2D eigenvalue weighted by molar-refractivity contribution is 6.09. The number of aryl methyl sites for hydroxylation is 2. The van der Waals surface area contributed by atoms with Crippen LogP contribution in [-0.2, 0) is 0 Å². The van der Waals surface area contributed by atoms with Crippen LogP contribution < -0.4 is 0 Å². The summed E-state index contributed by atoms with van der Waals surface area (Å²) < 4.78 is 27.1. The van der Waals surface area contributed by atoms with Crippen LogP contribution in [0, 0.1) is 25.5 Å². The molecule has 0 bridgehead atoms. The number of carbonyl (C=O) groups excluding carboxylic acids is 1. The number of carbonyl (C=O) groups is 1. The molecule has 0 aliphatic heterocycles. The smallest absolute Gasteiger partial charge is 0.196 e. The molecular formula is C15H12F2O. The first-order valence-corrected chi connectivity index (χ1v) is 5.56. The lowest BCUT2D eigenvalue weighted by Gasteiger charge is -2.05. The van der Waals surface area contributed by atoms with E-state index in [4.69, 9.17) is 0 Å². The summed E-state index contributed by atoms with van der Waals surface area (Å²) in [5.41, 5.74) is 1.21. The fourth-order valence-electron chi connectivity index (χ4n) is 1.76. The summed E-state index contributed by atoms with van der Waals surface area (Å²) in [6, 6.07) is 8.79. The molecule has 0 N–H and O–H groups in total. The van der Waals surface area contributed by atoms with E-state index >= 15 is 0 Å². The summed E-state index contributed by atoms with van der Waals surface area (Å²) in [5, 5.41) is 0. The number of hydrogen-bond acceptors (Lipinski definition) is 1. The fraction of sp³-hybridized carbons (Fsp3) is 0.133. The number of halogens is 2. The first-order chi connectivity index (χ1) is 8.49. The quantitative estimate of drug-likeness (QED) is 0.736. The molecule has 0 saturated carbocycles. The molecule has 2 rings (SSSR count). The molecule has 0 atom stereocenters. The Labute approximate surface area is 104 Å². The van der Waals surface area contributed by atoms with Crippen molar-refractivity contribution < 1.29 is 13.6 Å². The molecule has 0 aliphatic rings. The molecule has 92 valence electrons. The standard InChI is InChI=1S/C15H12F2O/c1-9-4-3-5-11(6-9)15(18)12-8-13(16)10(2)7-14(12)17/h3-8H,1-2H3. The van der Waals surface area contributed by atoms with Crippen molar-refractivity contribution in [3.05, 3.63) is 70.3 Å². The summed E-state index contributed by atoms with van der Waals surface area (Å²) in [6.07, 6.45) is 0. The van der Waals surface area contributed by atoms with E-state index in [1.165, 1.54) is 6.92 Å². The molecule has 0 aliphatic carbocycles. The fourth-order valence-corrected chi connectivity index (χ4v) is 1.76. The molecule has 0 fully saturated rings. The molecule has 0 radical (unpaired) electrons. The first kappa shape index (κ1) is 12.4. The van der Waals surface area contributed by atoms with Crippen molar-refractivity contribution in [1.29, 1.82) is 0 Å². The number of hydrogen-bond donors (Lipinski definition) is 0. The van der Waals surface area contributed by atoms with E-state index in [1.807, 2.05) is 13.0 Å². The lowest BCUT2D eigenvalue weighted by Crippen LogP contribution is -2.06. The van der Waals surface area contributed by atoms with Crippen molar-refractivity contribution >= 4 is 5.78 Å². The number of ketones is 1. The van der Waals surface area contributed by atoms with Crippen molar-refractivity contribution in [3.63, 3.8) is 0 Å². The van der Waals surface area contributed by atoms with Gasteiger partial charge in [0.05, 0.1) is 5.56 Å². The maximum atomic E-state index is 13.7. The third-order valence-electron chi connectivity index (χ3n) is 2.77. The minimum atomic E-state index is -0.694. The summed E-state index contributed by atoms with van der Waals surface area (Å²) in [7, 11) is 0. The van der Waals surface area contributed by atoms with Gasteiger partial charge < -0.3 is 0 Å². The van der Waals surface area contributed by atoms with E-state index in [0.717, 1.165) is 17.7 Å². The van der Waals surface area contributed by atoms with Crippen LogP contribution >= 0.6 is 0 Å². The van der Waals surface area contributed by atoms with Crippen molar-refractivity contribution in [3.8, 4) is 0 Å². The Hall–Kier alpha value is -2.03. The van der Waals surface area contributed by atoms with E-state index in [2.05, 4.69) is 0 Å². The summed E-state index contributed by atoms with van der Waals surface area (Å²) in [6.45, 7) is 3.29. The molecule has 0 unspecified atom stereocenters. The predicted molar refractivity (Wildman–Crippen MR) is 65.7 cm³/mol. The summed E-state index contributed by atoms with van der Waals surface area (Å²) in [5.74, 6) is -1.78. The maximum Gasteiger partial charge on any atom is 0.196 e. The average Bonchev–Trinajstić information content (AvgIpc) is 2.33. The Morgan fingerprint density at radius 3 is 2.39 bits per heavy atom. The first-order valence-electron chi connectivity index (χ1n) is 5.56. The van der Waals surface area contributed by atoms with Gasteiger partial charge in [-0.2, -0.15) is 0 Å². The van der Waals surface area contributed by atoms with Crippen LogP contribution in [0.4, 0.5) is 8.78 Å². The normalized spacial score (nSPS) is 10.4. The molecule has 3 heteroatoms. The largest absolute Gasteiger partial charge is 0.288 e. The van der Waals surface area contributed by atoms with Gasteiger partial charge in [0.25, 0.3) is 0 Å². The van der Waals surface area contributed by atoms with Gasteiger partial charge >= 0.3 is 0 Å². The maximum absolute atomic E-state index is 13.7. The van der Waals surface area contributed by atoms with Gasteiger partial charge in [-0.3, -0.25) is 4.79 Å². The van der Waals surface area contributed by atoms with Crippen LogP contribution in [0.5, 0.6) is 0 Å². The second-order valence-corrected chi connectivity index (χ2v) is 4.28. The van der Waals surface area contributed by atoms with Gasteiger partial charge in [-0.1, -0.05) is 23.8 Å². The second kappa shape index (κ2) is 4.69. The van der Waals surface area contributed by atoms with E-state index in [-0.39, 0.29) is 11.1 Å². The zero-order valence-electron chi connectivity index (χ0n) is 10.1. The monoisotopic (exact) mass is 246 g/mol. The van der Waals surface area contributed by atoms with E-state index in [9.17, 15) is 13.6 Å². The summed E-state index contributed by atoms with van der Waals surface area (Å²) in [4.78, 5) is 12.1. The molecule has 0 amide bonds.